The Balaban J connectivity index is 2.20. The Kier molecular flexibility index (Phi) is 18.4. The maximum absolute atomic E-state index is 13.7. The molecule has 2 rings (SSSR count). The molecule has 290 valence electrons. The van der Waals surface area contributed by atoms with E-state index in [1.165, 1.54) is 0 Å². The van der Waals surface area contributed by atoms with Crippen LogP contribution < -0.4 is 32.7 Å². The summed E-state index contributed by atoms with van der Waals surface area (Å²) in [4.78, 5) is 53.6. The summed E-state index contributed by atoms with van der Waals surface area (Å²) in [7, 11) is 0. The van der Waals surface area contributed by atoms with Crippen LogP contribution in [-0.2, 0) is 32.0 Å². The minimum absolute atomic E-state index is 0.0114. The zero-order chi connectivity index (χ0) is 39.1. The van der Waals surface area contributed by atoms with Crippen molar-refractivity contribution in [2.75, 3.05) is 0 Å². The van der Waals surface area contributed by atoms with Crippen molar-refractivity contribution >= 4 is 23.6 Å². The molecular weight excluding hydrogens is 660 g/mol. The van der Waals surface area contributed by atoms with Gasteiger partial charge in [0.05, 0.1) is 24.2 Å². The van der Waals surface area contributed by atoms with Gasteiger partial charge >= 0.3 is 0 Å². The number of rotatable bonds is 21. The number of nitrogens with one attached hydrogen (secondary N) is 4. The van der Waals surface area contributed by atoms with Crippen LogP contribution in [0.1, 0.15) is 79.4 Å². The predicted molar refractivity (Wildman–Crippen MR) is 205 cm³/mol. The van der Waals surface area contributed by atoms with Gasteiger partial charge in [-0.2, -0.15) is 0 Å². The van der Waals surface area contributed by atoms with Crippen molar-refractivity contribution in [1.29, 1.82) is 0 Å². The molecule has 0 fully saturated rings. The summed E-state index contributed by atoms with van der Waals surface area (Å²) in [6.45, 7) is 14.9. The lowest BCUT2D eigenvalue weighted by Gasteiger charge is -2.36. The van der Waals surface area contributed by atoms with Crippen LogP contribution in [0.2, 0.25) is 0 Å². The molecule has 0 saturated heterocycles. The summed E-state index contributed by atoms with van der Waals surface area (Å²) in [5.74, 6) is -2.61. The summed E-state index contributed by atoms with van der Waals surface area (Å²) < 4.78 is 0. The van der Waals surface area contributed by atoms with Crippen LogP contribution in [0.25, 0.3) is 0 Å². The minimum atomic E-state index is -1.48. The van der Waals surface area contributed by atoms with Crippen molar-refractivity contribution in [2.45, 2.75) is 130 Å². The fourth-order valence-electron chi connectivity index (χ4n) is 6.12. The first-order valence-corrected chi connectivity index (χ1v) is 18.6. The van der Waals surface area contributed by atoms with E-state index in [4.69, 9.17) is 11.5 Å². The van der Waals surface area contributed by atoms with Crippen molar-refractivity contribution < 1.29 is 29.4 Å². The molecule has 0 heterocycles. The first-order valence-electron chi connectivity index (χ1n) is 18.6. The molecule has 2 aromatic carbocycles. The molecule has 52 heavy (non-hydrogen) atoms. The van der Waals surface area contributed by atoms with Gasteiger partial charge in [0.15, 0.2) is 0 Å². The number of hydrogen-bond acceptors (Lipinski definition) is 8. The Morgan fingerprint density at radius 1 is 0.519 bits per heavy atom. The fraction of sp³-hybridized carbons (Fsp3) is 0.600. The van der Waals surface area contributed by atoms with Crippen molar-refractivity contribution in [1.82, 2.24) is 21.3 Å². The average Bonchev–Trinajstić information content (AvgIpc) is 3.07. The molecule has 0 bridgehead atoms. The second-order valence-electron chi connectivity index (χ2n) is 15.5. The molecule has 0 aliphatic carbocycles. The smallest absolute Gasteiger partial charge is 0.243 e. The summed E-state index contributed by atoms with van der Waals surface area (Å²) in [5, 5.41) is 34.6. The molecule has 0 radical (unpaired) electrons. The van der Waals surface area contributed by atoms with E-state index in [-0.39, 0.29) is 23.7 Å². The maximum Gasteiger partial charge on any atom is 0.243 e. The Labute approximate surface area is 310 Å². The number of aliphatic hydroxyl groups is 2. The highest BCUT2D eigenvalue weighted by atomic mass is 16.3. The highest BCUT2D eigenvalue weighted by Crippen LogP contribution is 2.19. The molecule has 0 aliphatic rings. The molecule has 8 atom stereocenters. The van der Waals surface area contributed by atoms with Gasteiger partial charge in [-0.05, 0) is 60.5 Å². The third kappa shape index (κ3) is 14.7. The van der Waals surface area contributed by atoms with E-state index in [1.807, 2.05) is 88.4 Å². The predicted octanol–water partition coefficient (Wildman–Crippen LogP) is 2.19. The number of carbonyl (C=O) groups is 4. The van der Waals surface area contributed by atoms with Gasteiger partial charge < -0.3 is 42.9 Å². The van der Waals surface area contributed by atoms with Gasteiger partial charge in [-0.1, -0.05) is 116 Å². The Bertz CT molecular complexity index is 1280. The van der Waals surface area contributed by atoms with Gasteiger partial charge in [0.2, 0.25) is 23.6 Å². The molecule has 0 aromatic heterocycles. The van der Waals surface area contributed by atoms with Crippen molar-refractivity contribution in [3.8, 4) is 0 Å². The molecule has 10 N–H and O–H groups in total. The van der Waals surface area contributed by atoms with Gasteiger partial charge in [0.25, 0.3) is 0 Å². The second-order valence-corrected chi connectivity index (χ2v) is 15.5. The topological polar surface area (TPSA) is 209 Å². The third-order valence-corrected chi connectivity index (χ3v) is 9.04. The van der Waals surface area contributed by atoms with Crippen molar-refractivity contribution in [3.63, 3.8) is 0 Å². The monoisotopic (exact) mass is 724 g/mol. The van der Waals surface area contributed by atoms with Gasteiger partial charge in [0, 0.05) is 0 Å². The van der Waals surface area contributed by atoms with Crippen LogP contribution in [0, 0.1) is 23.7 Å². The lowest BCUT2D eigenvalue weighted by Crippen LogP contribution is -2.62. The Hall–Kier alpha value is -3.84. The van der Waals surface area contributed by atoms with E-state index >= 15 is 0 Å². The van der Waals surface area contributed by atoms with Crippen LogP contribution >= 0.6 is 0 Å². The lowest BCUT2D eigenvalue weighted by atomic mass is 9.88. The van der Waals surface area contributed by atoms with Gasteiger partial charge in [-0.25, -0.2) is 0 Å². The van der Waals surface area contributed by atoms with Crippen LogP contribution in [-0.4, -0.2) is 82.3 Å². The van der Waals surface area contributed by atoms with E-state index in [0.29, 0.717) is 25.7 Å². The Morgan fingerprint density at radius 3 is 1.10 bits per heavy atom. The number of amides is 4. The molecule has 4 amide bonds. The van der Waals surface area contributed by atoms with Crippen LogP contribution in [0.3, 0.4) is 0 Å². The van der Waals surface area contributed by atoms with E-state index in [0.717, 1.165) is 11.1 Å². The number of benzene rings is 2. The highest BCUT2D eigenvalue weighted by molar-refractivity contribution is 5.91. The molecular formula is C40H64N6O6. The molecule has 0 aliphatic heterocycles. The van der Waals surface area contributed by atoms with E-state index in [9.17, 15) is 29.4 Å². The van der Waals surface area contributed by atoms with E-state index in [2.05, 4.69) is 21.3 Å². The van der Waals surface area contributed by atoms with Gasteiger partial charge in [-0.15, -0.1) is 0 Å². The Morgan fingerprint density at radius 2 is 0.827 bits per heavy atom. The number of aliphatic hydroxyl groups excluding tert-OH is 2. The van der Waals surface area contributed by atoms with Crippen LogP contribution in [0.5, 0.6) is 0 Å². The first-order chi connectivity index (χ1) is 24.4. The minimum Gasteiger partial charge on any atom is -0.388 e. The SMILES string of the molecule is CC(C)C[C@H](NC(=O)[C@@H](NC(=O)[C@@H](N)Cc1ccccc1)C(C)C)C(O)C(O)[C@H](CC(C)C)NC(=O)[C@@H](NC(=O)[C@@H](N)Cc1ccccc1)C(C)C. The third-order valence-electron chi connectivity index (χ3n) is 9.04. The summed E-state index contributed by atoms with van der Waals surface area (Å²) in [5.41, 5.74) is 14.2. The molecule has 2 aromatic rings. The standard InChI is InChI=1S/C40H64N6O6/c1-23(2)19-31(43-39(51)33(25(5)6)45-37(49)29(41)21-27-15-11-9-12-16-27)35(47)36(48)32(20-24(3)4)44-40(52)34(26(7)8)46-38(50)30(42)22-28-17-13-10-14-18-28/h9-18,23-26,29-36,47-48H,19-22,41-42H2,1-8H3,(H,43,51)(H,44,52)(H,45,49)(H,46,50)/t29-,30-,31-,32-,33-,34-,35?,36?/m0/s1. The van der Waals surface area contributed by atoms with E-state index < -0.39 is 72.1 Å². The number of carbonyl (C=O) groups excluding carboxylic acids is 4. The maximum atomic E-state index is 13.7. The molecule has 12 nitrogen and oxygen atoms in total. The molecule has 0 spiro atoms. The van der Waals surface area contributed by atoms with Crippen LogP contribution in [0.4, 0.5) is 0 Å². The summed E-state index contributed by atoms with van der Waals surface area (Å²) in [6, 6.07) is 13.2. The molecule has 0 saturated carbocycles. The second kappa shape index (κ2) is 21.6. The number of hydrogen-bond donors (Lipinski definition) is 8. The summed E-state index contributed by atoms with van der Waals surface area (Å²) >= 11 is 0. The van der Waals surface area contributed by atoms with Crippen molar-refractivity contribution in [3.05, 3.63) is 71.8 Å². The molecule has 12 heteroatoms. The zero-order valence-electron chi connectivity index (χ0n) is 32.2. The zero-order valence-corrected chi connectivity index (χ0v) is 32.2. The van der Waals surface area contributed by atoms with Crippen molar-refractivity contribution in [2.24, 2.45) is 35.1 Å². The summed E-state index contributed by atoms with van der Waals surface area (Å²) in [6.07, 6.45) is -1.75. The molecule has 2 unspecified atom stereocenters. The average molecular weight is 725 g/mol. The largest absolute Gasteiger partial charge is 0.388 e. The van der Waals surface area contributed by atoms with Crippen LogP contribution in [0.15, 0.2) is 60.7 Å². The van der Waals surface area contributed by atoms with E-state index in [1.54, 1.807) is 27.7 Å². The quantitative estimate of drug-likeness (QED) is 0.0955. The number of nitrogens with two attached hydrogens (primary N) is 2. The van der Waals surface area contributed by atoms with Gasteiger partial charge in [0.1, 0.15) is 24.3 Å². The fourth-order valence-corrected chi connectivity index (χ4v) is 6.12. The van der Waals surface area contributed by atoms with Gasteiger partial charge in [-0.3, -0.25) is 19.2 Å². The normalized spacial score (nSPS) is 16.4. The lowest BCUT2D eigenvalue weighted by molar-refractivity contribution is -0.133. The highest BCUT2D eigenvalue weighted by Gasteiger charge is 2.38. The first kappa shape index (κ1) is 44.3.